The van der Waals surface area contributed by atoms with Crippen molar-refractivity contribution in [2.75, 3.05) is 6.61 Å². The van der Waals surface area contributed by atoms with Crippen LogP contribution >= 0.6 is 11.6 Å². The third-order valence-corrected chi connectivity index (χ3v) is 3.07. The Kier molecular flexibility index (Phi) is 4.83. The maximum absolute atomic E-state index is 10.5. The number of hydrogen-bond acceptors (Lipinski definition) is 2. The van der Waals surface area contributed by atoms with Crippen molar-refractivity contribution < 1.29 is 9.84 Å². The predicted octanol–water partition coefficient (Wildman–Crippen LogP) is 4.21. The summed E-state index contributed by atoms with van der Waals surface area (Å²) in [5.74, 6) is 0.719. The van der Waals surface area contributed by atoms with Crippen LogP contribution in [0.1, 0.15) is 30.6 Å². The second kappa shape index (κ2) is 6.60. The van der Waals surface area contributed by atoms with E-state index >= 15 is 0 Å². The van der Waals surface area contributed by atoms with Crippen LogP contribution in [-0.4, -0.2) is 11.7 Å². The molecule has 0 aromatic heterocycles. The molecular formula is C16H17ClO2. The van der Waals surface area contributed by atoms with Crippen molar-refractivity contribution >= 4 is 11.6 Å². The molecular weight excluding hydrogens is 260 g/mol. The van der Waals surface area contributed by atoms with Crippen LogP contribution in [0.25, 0.3) is 0 Å². The Bertz CT molecular complexity index is 540. The molecule has 3 heteroatoms. The molecule has 0 saturated heterocycles. The van der Waals surface area contributed by atoms with Crippen molar-refractivity contribution in [1.29, 1.82) is 0 Å². The van der Waals surface area contributed by atoms with Crippen LogP contribution in [-0.2, 0) is 0 Å². The lowest BCUT2D eigenvalue weighted by molar-refractivity contribution is 0.210. The first kappa shape index (κ1) is 13.9. The van der Waals surface area contributed by atoms with Crippen LogP contribution in [0, 0.1) is 0 Å². The molecule has 0 aliphatic heterocycles. The van der Waals surface area contributed by atoms with E-state index < -0.39 is 6.10 Å². The highest BCUT2D eigenvalue weighted by Gasteiger charge is 2.15. The van der Waals surface area contributed by atoms with Crippen molar-refractivity contribution in [3.63, 3.8) is 0 Å². The Labute approximate surface area is 118 Å². The second-order valence-corrected chi connectivity index (χ2v) is 4.78. The largest absolute Gasteiger partial charge is 0.493 e. The number of para-hydroxylation sites is 1. The first-order valence-corrected chi connectivity index (χ1v) is 6.75. The smallest absolute Gasteiger partial charge is 0.125 e. The Morgan fingerprint density at radius 1 is 1.16 bits per heavy atom. The summed E-state index contributed by atoms with van der Waals surface area (Å²) >= 11 is 5.96. The van der Waals surface area contributed by atoms with E-state index in [1.54, 1.807) is 12.1 Å². The average molecular weight is 277 g/mol. The maximum atomic E-state index is 10.5. The molecule has 100 valence electrons. The number of hydrogen-bond donors (Lipinski definition) is 1. The van der Waals surface area contributed by atoms with Crippen LogP contribution in [0.4, 0.5) is 0 Å². The van der Waals surface area contributed by atoms with Gasteiger partial charge in [-0.25, -0.2) is 0 Å². The normalized spacial score (nSPS) is 12.2. The van der Waals surface area contributed by atoms with Crippen LogP contribution in [0.2, 0.25) is 5.02 Å². The SMILES string of the molecule is CCCOc1ccccc1C(O)c1cccc(Cl)c1. The molecule has 1 atom stereocenters. The fourth-order valence-corrected chi connectivity index (χ4v) is 2.10. The molecule has 0 bridgehead atoms. The van der Waals surface area contributed by atoms with Gasteiger partial charge in [0.25, 0.3) is 0 Å². The first-order valence-electron chi connectivity index (χ1n) is 6.37. The molecule has 1 N–H and O–H groups in total. The van der Waals surface area contributed by atoms with E-state index in [-0.39, 0.29) is 0 Å². The van der Waals surface area contributed by atoms with Crippen molar-refractivity contribution in [3.05, 3.63) is 64.7 Å². The molecule has 2 aromatic rings. The maximum Gasteiger partial charge on any atom is 0.125 e. The van der Waals surface area contributed by atoms with Gasteiger partial charge in [-0.1, -0.05) is 48.9 Å². The van der Waals surface area contributed by atoms with Crippen LogP contribution in [0.3, 0.4) is 0 Å². The van der Waals surface area contributed by atoms with Crippen LogP contribution < -0.4 is 4.74 Å². The lowest BCUT2D eigenvalue weighted by Crippen LogP contribution is -2.04. The molecule has 0 radical (unpaired) electrons. The second-order valence-electron chi connectivity index (χ2n) is 4.34. The summed E-state index contributed by atoms with van der Waals surface area (Å²) in [7, 11) is 0. The third-order valence-electron chi connectivity index (χ3n) is 2.84. The minimum Gasteiger partial charge on any atom is -0.493 e. The van der Waals surface area contributed by atoms with E-state index in [1.165, 1.54) is 0 Å². The fraction of sp³-hybridized carbons (Fsp3) is 0.250. The number of benzene rings is 2. The van der Waals surface area contributed by atoms with E-state index in [2.05, 4.69) is 6.92 Å². The molecule has 0 aliphatic carbocycles. The third kappa shape index (κ3) is 3.49. The number of rotatable bonds is 5. The zero-order chi connectivity index (χ0) is 13.7. The molecule has 0 saturated carbocycles. The summed E-state index contributed by atoms with van der Waals surface area (Å²) in [6.07, 6.45) is 0.202. The van der Waals surface area contributed by atoms with Crippen molar-refractivity contribution in [2.45, 2.75) is 19.4 Å². The van der Waals surface area contributed by atoms with Gasteiger partial charge >= 0.3 is 0 Å². The predicted molar refractivity (Wildman–Crippen MR) is 77.7 cm³/mol. The van der Waals surface area contributed by atoms with Gasteiger partial charge in [-0.05, 0) is 30.2 Å². The molecule has 0 amide bonds. The molecule has 1 unspecified atom stereocenters. The Morgan fingerprint density at radius 3 is 2.68 bits per heavy atom. The van der Waals surface area contributed by atoms with Crippen molar-refractivity contribution in [2.24, 2.45) is 0 Å². The van der Waals surface area contributed by atoms with Crippen molar-refractivity contribution in [3.8, 4) is 5.75 Å². The fourth-order valence-electron chi connectivity index (χ4n) is 1.91. The zero-order valence-corrected chi connectivity index (χ0v) is 11.6. The van der Waals surface area contributed by atoms with Gasteiger partial charge in [-0.15, -0.1) is 0 Å². The van der Waals surface area contributed by atoms with Gasteiger partial charge in [0, 0.05) is 10.6 Å². The van der Waals surface area contributed by atoms with Gasteiger partial charge in [0.05, 0.1) is 6.61 Å². The standard InChI is InChI=1S/C16H17ClO2/c1-2-10-19-15-9-4-3-8-14(15)16(18)12-6-5-7-13(17)11-12/h3-9,11,16,18H,2,10H2,1H3. The van der Waals surface area contributed by atoms with Crippen LogP contribution in [0.5, 0.6) is 5.75 Å². The topological polar surface area (TPSA) is 29.5 Å². The number of aliphatic hydroxyl groups excluding tert-OH is 1. The Morgan fingerprint density at radius 2 is 1.95 bits per heavy atom. The first-order chi connectivity index (χ1) is 9.22. The van der Waals surface area contributed by atoms with E-state index in [0.717, 1.165) is 23.3 Å². The zero-order valence-electron chi connectivity index (χ0n) is 10.8. The molecule has 2 rings (SSSR count). The van der Waals surface area contributed by atoms with Gasteiger partial charge in [-0.3, -0.25) is 0 Å². The summed E-state index contributed by atoms with van der Waals surface area (Å²) in [6, 6.07) is 14.8. The van der Waals surface area contributed by atoms with Gasteiger partial charge < -0.3 is 9.84 Å². The lowest BCUT2D eigenvalue weighted by atomic mass is 10.0. The summed E-state index contributed by atoms with van der Waals surface area (Å²) in [5.41, 5.74) is 1.53. The van der Waals surface area contributed by atoms with Gasteiger partial charge in [0.1, 0.15) is 11.9 Å². The minimum atomic E-state index is -0.730. The minimum absolute atomic E-state index is 0.614. The molecule has 0 aliphatic rings. The Balaban J connectivity index is 2.30. The summed E-state index contributed by atoms with van der Waals surface area (Å²) < 4.78 is 5.67. The highest BCUT2D eigenvalue weighted by molar-refractivity contribution is 6.30. The van der Waals surface area contributed by atoms with Crippen molar-refractivity contribution in [1.82, 2.24) is 0 Å². The number of halogens is 1. The number of aliphatic hydroxyl groups is 1. The molecule has 0 heterocycles. The molecule has 19 heavy (non-hydrogen) atoms. The number of ether oxygens (including phenoxy) is 1. The summed E-state index contributed by atoms with van der Waals surface area (Å²) in [6.45, 7) is 2.69. The molecule has 0 spiro atoms. The summed E-state index contributed by atoms with van der Waals surface area (Å²) in [5, 5.41) is 11.1. The highest BCUT2D eigenvalue weighted by Crippen LogP contribution is 2.30. The quantitative estimate of drug-likeness (QED) is 0.886. The lowest BCUT2D eigenvalue weighted by Gasteiger charge is -2.16. The van der Waals surface area contributed by atoms with E-state index in [1.807, 2.05) is 36.4 Å². The van der Waals surface area contributed by atoms with Crippen LogP contribution in [0.15, 0.2) is 48.5 Å². The highest BCUT2D eigenvalue weighted by atomic mass is 35.5. The summed E-state index contributed by atoms with van der Waals surface area (Å²) in [4.78, 5) is 0. The van der Waals surface area contributed by atoms with E-state index in [9.17, 15) is 5.11 Å². The van der Waals surface area contributed by atoms with E-state index in [0.29, 0.717) is 11.6 Å². The average Bonchev–Trinajstić information content (AvgIpc) is 2.44. The van der Waals surface area contributed by atoms with Gasteiger partial charge in [-0.2, -0.15) is 0 Å². The van der Waals surface area contributed by atoms with Gasteiger partial charge in [0.15, 0.2) is 0 Å². The van der Waals surface area contributed by atoms with E-state index in [4.69, 9.17) is 16.3 Å². The molecule has 0 fully saturated rings. The monoisotopic (exact) mass is 276 g/mol. The van der Waals surface area contributed by atoms with Gasteiger partial charge in [0.2, 0.25) is 0 Å². The molecule has 2 nitrogen and oxygen atoms in total. The Hall–Kier alpha value is -1.51. The molecule has 2 aromatic carbocycles.